The lowest BCUT2D eigenvalue weighted by atomic mass is 10.0. The normalized spacial score (nSPS) is 15.4. The van der Waals surface area contributed by atoms with Crippen LogP contribution in [0, 0.1) is 0 Å². The maximum absolute atomic E-state index is 13.6. The lowest BCUT2D eigenvalue weighted by Gasteiger charge is -2.40. The lowest BCUT2D eigenvalue weighted by Crippen LogP contribution is -2.49. The zero-order valence-electron chi connectivity index (χ0n) is 23.3. The summed E-state index contributed by atoms with van der Waals surface area (Å²) in [5.74, 6) is 2.60. The van der Waals surface area contributed by atoms with Gasteiger partial charge in [-0.3, -0.25) is 9.69 Å². The smallest absolute Gasteiger partial charge is 0.253 e. The Kier molecular flexibility index (Phi) is 7.17. The Morgan fingerprint density at radius 1 is 0.897 bits per heavy atom. The molecule has 11 nitrogen and oxygen atoms in total. The number of aromatic nitrogens is 5. The molecule has 2 aromatic carbocycles. The largest absolute Gasteiger partial charge is 0.495 e. The molecule has 0 aliphatic carbocycles. The number of benzene rings is 2. The van der Waals surface area contributed by atoms with Crippen molar-refractivity contribution >= 4 is 16.6 Å². The van der Waals surface area contributed by atoms with Crippen LogP contribution in [-0.4, -0.2) is 77.6 Å². The number of rotatable bonds is 7. The number of hydrogen-bond donors (Lipinski definition) is 1. The van der Waals surface area contributed by atoms with Gasteiger partial charge in [0.2, 0.25) is 0 Å². The predicted octanol–water partition coefficient (Wildman–Crippen LogP) is 3.21. The fraction of sp³-hybridized carbons (Fsp3) is 0.429. The van der Waals surface area contributed by atoms with Gasteiger partial charge in [0.25, 0.3) is 5.56 Å². The van der Waals surface area contributed by atoms with Gasteiger partial charge in [-0.25, -0.2) is 4.68 Å². The Morgan fingerprint density at radius 3 is 2.23 bits per heavy atom. The number of para-hydroxylation sites is 2. The van der Waals surface area contributed by atoms with Gasteiger partial charge in [0, 0.05) is 43.2 Å². The van der Waals surface area contributed by atoms with Crippen molar-refractivity contribution in [2.75, 3.05) is 52.4 Å². The number of tetrazole rings is 1. The van der Waals surface area contributed by atoms with E-state index >= 15 is 0 Å². The minimum Gasteiger partial charge on any atom is -0.495 e. The monoisotopic (exact) mass is 533 g/mol. The van der Waals surface area contributed by atoms with E-state index in [1.54, 1.807) is 27.4 Å². The second kappa shape index (κ2) is 10.6. The molecule has 1 aliphatic heterocycles. The molecular formula is C28H35N7O4. The third-order valence-electron chi connectivity index (χ3n) is 7.15. The third kappa shape index (κ3) is 5.01. The Labute approximate surface area is 227 Å². The Morgan fingerprint density at radius 2 is 1.56 bits per heavy atom. The summed E-state index contributed by atoms with van der Waals surface area (Å²) >= 11 is 0. The number of ether oxygens (including phenoxy) is 3. The molecule has 1 saturated heterocycles. The summed E-state index contributed by atoms with van der Waals surface area (Å²) in [6.45, 7) is 9.04. The molecule has 39 heavy (non-hydrogen) atoms. The minimum atomic E-state index is -0.458. The number of nitrogens with zero attached hydrogens (tertiary/aromatic N) is 6. The number of methoxy groups -OCH3 is 3. The first-order valence-corrected chi connectivity index (χ1v) is 12.9. The number of hydrogen-bond acceptors (Lipinski definition) is 9. The summed E-state index contributed by atoms with van der Waals surface area (Å²) in [6, 6.07) is 13.1. The lowest BCUT2D eigenvalue weighted by molar-refractivity contribution is 0.190. The average Bonchev–Trinajstić information content (AvgIpc) is 3.43. The molecule has 5 rings (SSSR count). The molecule has 0 radical (unpaired) electrons. The van der Waals surface area contributed by atoms with Crippen LogP contribution in [0.3, 0.4) is 0 Å². The zero-order chi connectivity index (χ0) is 27.7. The van der Waals surface area contributed by atoms with E-state index in [0.29, 0.717) is 41.5 Å². The highest BCUT2D eigenvalue weighted by atomic mass is 16.5. The van der Waals surface area contributed by atoms with Crippen LogP contribution < -0.4 is 24.7 Å². The van der Waals surface area contributed by atoms with E-state index in [4.69, 9.17) is 14.2 Å². The van der Waals surface area contributed by atoms with Gasteiger partial charge in [-0.1, -0.05) is 12.1 Å². The van der Waals surface area contributed by atoms with Gasteiger partial charge in [-0.15, -0.1) is 5.10 Å². The molecule has 0 spiro atoms. The summed E-state index contributed by atoms with van der Waals surface area (Å²) in [6.07, 6.45) is 0. The molecule has 3 heterocycles. The van der Waals surface area contributed by atoms with E-state index in [1.807, 2.05) is 55.8 Å². The molecular weight excluding hydrogens is 498 g/mol. The minimum absolute atomic E-state index is 0.199. The molecule has 0 bridgehead atoms. The molecule has 206 valence electrons. The van der Waals surface area contributed by atoms with Gasteiger partial charge < -0.3 is 24.1 Å². The molecule has 4 aromatic rings. The Hall–Kier alpha value is -4.12. The second-order valence-electron chi connectivity index (χ2n) is 10.6. The van der Waals surface area contributed by atoms with E-state index in [9.17, 15) is 4.79 Å². The molecule has 1 atom stereocenters. The van der Waals surface area contributed by atoms with E-state index < -0.39 is 6.04 Å². The van der Waals surface area contributed by atoms with Crippen molar-refractivity contribution in [3.8, 4) is 17.2 Å². The first-order valence-electron chi connectivity index (χ1n) is 12.9. The summed E-state index contributed by atoms with van der Waals surface area (Å²) in [4.78, 5) is 21.3. The molecule has 1 N–H and O–H groups in total. The molecule has 0 saturated carbocycles. The zero-order valence-corrected chi connectivity index (χ0v) is 23.3. The van der Waals surface area contributed by atoms with Crippen molar-refractivity contribution in [1.29, 1.82) is 0 Å². The topological polar surface area (TPSA) is 111 Å². The standard InChI is InChI=1S/C28H35N7O4/c1-28(2,3)35-26(30-31-32-35)25(34-13-11-33(12-14-34)21-9-7-8-10-22(21)37-4)19-15-18-16-23(38-5)24(39-6)17-20(18)29-27(19)36/h7-10,15-17,25H,11-14H2,1-6H3,(H,29,36)/t25-/m0/s1. The van der Waals surface area contributed by atoms with Crippen molar-refractivity contribution < 1.29 is 14.2 Å². The molecule has 0 unspecified atom stereocenters. The fourth-order valence-corrected chi connectivity index (χ4v) is 5.21. The Balaban J connectivity index is 1.58. The number of fused-ring (bicyclic) bond motifs is 1. The number of nitrogens with one attached hydrogen (secondary N) is 1. The van der Waals surface area contributed by atoms with Crippen LogP contribution in [0.15, 0.2) is 47.3 Å². The molecule has 1 aliphatic rings. The van der Waals surface area contributed by atoms with Crippen molar-refractivity contribution in [3.05, 3.63) is 64.2 Å². The molecule has 0 amide bonds. The van der Waals surface area contributed by atoms with Gasteiger partial charge in [-0.05, 0) is 55.5 Å². The average molecular weight is 534 g/mol. The first kappa shape index (κ1) is 26.5. The highest BCUT2D eigenvalue weighted by Gasteiger charge is 2.35. The quantitative estimate of drug-likeness (QED) is 0.383. The number of piperazine rings is 1. The van der Waals surface area contributed by atoms with Crippen molar-refractivity contribution in [1.82, 2.24) is 30.1 Å². The summed E-state index contributed by atoms with van der Waals surface area (Å²) in [7, 11) is 4.86. The van der Waals surface area contributed by atoms with Gasteiger partial charge in [0.15, 0.2) is 17.3 Å². The number of H-pyrrole nitrogens is 1. The summed E-state index contributed by atoms with van der Waals surface area (Å²) in [5, 5.41) is 13.6. The van der Waals surface area contributed by atoms with E-state index in [-0.39, 0.29) is 11.1 Å². The van der Waals surface area contributed by atoms with Gasteiger partial charge >= 0.3 is 0 Å². The first-order chi connectivity index (χ1) is 18.7. The van der Waals surface area contributed by atoms with Crippen molar-refractivity contribution in [2.24, 2.45) is 0 Å². The van der Waals surface area contributed by atoms with Crippen molar-refractivity contribution in [2.45, 2.75) is 32.4 Å². The van der Waals surface area contributed by atoms with Crippen LogP contribution in [0.25, 0.3) is 10.9 Å². The molecule has 1 fully saturated rings. The predicted molar refractivity (Wildman–Crippen MR) is 149 cm³/mol. The van der Waals surface area contributed by atoms with Gasteiger partial charge in [0.1, 0.15) is 11.8 Å². The van der Waals surface area contributed by atoms with Crippen LogP contribution in [0.1, 0.15) is 38.2 Å². The van der Waals surface area contributed by atoms with Crippen LogP contribution in [-0.2, 0) is 5.54 Å². The SMILES string of the molecule is COc1cc2cc([C@@H](c3nnnn3C(C)(C)C)N3CCN(c4ccccc4OC)CC3)c(=O)[nH]c2cc1OC. The van der Waals surface area contributed by atoms with Crippen molar-refractivity contribution in [3.63, 3.8) is 0 Å². The van der Waals surface area contributed by atoms with Crippen LogP contribution in [0.4, 0.5) is 5.69 Å². The van der Waals surface area contributed by atoms with Crippen LogP contribution >= 0.6 is 0 Å². The highest BCUT2D eigenvalue weighted by Crippen LogP contribution is 2.35. The molecule has 11 heteroatoms. The summed E-state index contributed by atoms with van der Waals surface area (Å²) < 4.78 is 18.4. The number of pyridine rings is 1. The van der Waals surface area contributed by atoms with E-state index in [0.717, 1.165) is 29.9 Å². The van der Waals surface area contributed by atoms with Crippen LogP contribution in [0.2, 0.25) is 0 Å². The fourth-order valence-electron chi connectivity index (χ4n) is 5.21. The highest BCUT2D eigenvalue weighted by molar-refractivity contribution is 5.83. The number of anilines is 1. The maximum atomic E-state index is 13.6. The Bertz CT molecular complexity index is 1520. The third-order valence-corrected chi connectivity index (χ3v) is 7.15. The van der Waals surface area contributed by atoms with Crippen LogP contribution in [0.5, 0.6) is 17.2 Å². The van der Waals surface area contributed by atoms with Gasteiger partial charge in [0.05, 0.1) is 38.1 Å². The van der Waals surface area contributed by atoms with Gasteiger partial charge in [-0.2, -0.15) is 0 Å². The number of aromatic amines is 1. The second-order valence-corrected chi connectivity index (χ2v) is 10.6. The molecule has 2 aromatic heterocycles. The maximum Gasteiger partial charge on any atom is 0.253 e. The van der Waals surface area contributed by atoms with E-state index in [2.05, 4.69) is 36.4 Å². The summed E-state index contributed by atoms with van der Waals surface area (Å²) in [5.41, 5.74) is 1.71. The van der Waals surface area contributed by atoms with E-state index in [1.165, 1.54) is 0 Å².